The number of hydrogen-bond donors (Lipinski definition) is 2. The molecule has 4 bridgehead atoms. The van der Waals surface area contributed by atoms with Crippen LogP contribution in [0, 0.1) is 23.2 Å². The molecule has 226 valence electrons. The smallest absolute Gasteiger partial charge is 0.418 e. The Balaban J connectivity index is 1.12. The maximum Gasteiger partial charge on any atom is 0.418 e. The van der Waals surface area contributed by atoms with Crippen LogP contribution in [0.3, 0.4) is 0 Å². The van der Waals surface area contributed by atoms with E-state index in [-0.39, 0.29) is 40.1 Å². The number of para-hydroxylation sites is 1. The fourth-order valence-corrected chi connectivity index (χ4v) is 7.44. The summed E-state index contributed by atoms with van der Waals surface area (Å²) in [6.45, 7) is 1.04. The third-order valence-electron chi connectivity index (χ3n) is 8.98. The number of methoxy groups -OCH3 is 1. The molecule has 0 saturated heterocycles. The number of halogens is 3. The zero-order chi connectivity index (χ0) is 30.1. The summed E-state index contributed by atoms with van der Waals surface area (Å²) in [5, 5.41) is 5.27. The SMILES string of the molecule is COc1cc(C(=O)OCC(=O)NC(C)C23CC4CC(CC(C4)C2)C3)ccc1OCC(=O)Nc1ccccc1C(F)(F)F. The third-order valence-corrected chi connectivity index (χ3v) is 8.98. The van der Waals surface area contributed by atoms with Gasteiger partial charge in [-0.2, -0.15) is 13.2 Å². The van der Waals surface area contributed by atoms with Gasteiger partial charge in [0.05, 0.1) is 23.9 Å². The van der Waals surface area contributed by atoms with Gasteiger partial charge in [0.1, 0.15) is 0 Å². The Labute approximate surface area is 242 Å². The fourth-order valence-electron chi connectivity index (χ4n) is 7.44. The van der Waals surface area contributed by atoms with E-state index in [1.807, 2.05) is 0 Å². The van der Waals surface area contributed by atoms with Gasteiger partial charge >= 0.3 is 12.1 Å². The molecule has 4 aliphatic carbocycles. The van der Waals surface area contributed by atoms with E-state index in [1.165, 1.54) is 56.7 Å². The summed E-state index contributed by atoms with van der Waals surface area (Å²) >= 11 is 0. The summed E-state index contributed by atoms with van der Waals surface area (Å²) in [7, 11) is 1.33. The average Bonchev–Trinajstić information content (AvgIpc) is 2.93. The number of anilines is 1. The topological polar surface area (TPSA) is 103 Å². The second kappa shape index (κ2) is 11.9. The molecule has 2 N–H and O–H groups in total. The zero-order valence-electron chi connectivity index (χ0n) is 23.6. The molecular formula is C31H35F3N2O6. The van der Waals surface area contributed by atoms with Crippen LogP contribution < -0.4 is 20.1 Å². The van der Waals surface area contributed by atoms with Gasteiger partial charge in [0.15, 0.2) is 24.7 Å². The molecule has 0 spiro atoms. The maximum atomic E-state index is 13.2. The van der Waals surface area contributed by atoms with Crippen LogP contribution in [0.4, 0.5) is 18.9 Å². The van der Waals surface area contributed by atoms with E-state index in [0.29, 0.717) is 0 Å². The van der Waals surface area contributed by atoms with Crippen molar-refractivity contribution in [3.63, 3.8) is 0 Å². The molecular weight excluding hydrogens is 553 g/mol. The number of amides is 2. The lowest BCUT2D eigenvalue weighted by molar-refractivity contribution is -0.137. The Morgan fingerprint density at radius 1 is 0.929 bits per heavy atom. The van der Waals surface area contributed by atoms with E-state index >= 15 is 0 Å². The monoisotopic (exact) mass is 588 g/mol. The minimum Gasteiger partial charge on any atom is -0.493 e. The van der Waals surface area contributed by atoms with Crippen LogP contribution in [-0.2, 0) is 20.5 Å². The van der Waals surface area contributed by atoms with Gasteiger partial charge in [0.25, 0.3) is 11.8 Å². The van der Waals surface area contributed by atoms with Gasteiger partial charge in [0, 0.05) is 6.04 Å². The summed E-state index contributed by atoms with van der Waals surface area (Å²) in [5.41, 5.74) is -1.13. The van der Waals surface area contributed by atoms with Gasteiger partial charge in [-0.3, -0.25) is 9.59 Å². The molecule has 8 nitrogen and oxygen atoms in total. The summed E-state index contributed by atoms with van der Waals surface area (Å²) < 4.78 is 55.5. The van der Waals surface area contributed by atoms with Gasteiger partial charge in [0.2, 0.25) is 0 Å². The minimum absolute atomic E-state index is 0.00719. The molecule has 1 atom stereocenters. The Hall–Kier alpha value is -3.76. The van der Waals surface area contributed by atoms with Crippen LogP contribution in [-0.4, -0.2) is 44.1 Å². The van der Waals surface area contributed by atoms with Crippen LogP contribution in [0.5, 0.6) is 11.5 Å². The molecule has 11 heteroatoms. The summed E-state index contributed by atoms with van der Waals surface area (Å²) in [4.78, 5) is 37.6. The van der Waals surface area contributed by atoms with E-state index in [1.54, 1.807) is 0 Å². The quantitative estimate of drug-likeness (QED) is 0.350. The number of carbonyl (C=O) groups excluding carboxylic acids is 3. The Bertz CT molecular complexity index is 1310. The van der Waals surface area contributed by atoms with E-state index in [0.717, 1.165) is 49.1 Å². The molecule has 1 unspecified atom stereocenters. The highest BCUT2D eigenvalue weighted by Crippen LogP contribution is 2.61. The molecule has 6 rings (SSSR count). The van der Waals surface area contributed by atoms with Crippen LogP contribution in [0.25, 0.3) is 0 Å². The standard InChI is InChI=1S/C31H35F3N2O6/c1-18(30-13-19-9-20(14-30)11-21(10-19)15-30)35-27(37)17-42-29(39)22-7-8-25(26(12-22)40-2)41-16-28(38)36-24-6-4-3-5-23(24)31(32,33)34/h3-8,12,18-21H,9-11,13-17H2,1-2H3,(H,35,37)(H,36,38). The molecule has 2 amide bonds. The van der Waals surface area contributed by atoms with Crippen LogP contribution >= 0.6 is 0 Å². The number of ether oxygens (including phenoxy) is 3. The highest BCUT2D eigenvalue weighted by atomic mass is 19.4. The van der Waals surface area contributed by atoms with Gasteiger partial charge in [-0.15, -0.1) is 0 Å². The van der Waals surface area contributed by atoms with Gasteiger partial charge in [-0.25, -0.2) is 4.79 Å². The third kappa shape index (κ3) is 6.50. The molecule has 0 radical (unpaired) electrons. The number of alkyl halides is 3. The number of rotatable bonds is 10. The van der Waals surface area contributed by atoms with Crippen molar-refractivity contribution in [2.75, 3.05) is 25.6 Å². The van der Waals surface area contributed by atoms with Crippen LogP contribution in [0.15, 0.2) is 42.5 Å². The predicted octanol–water partition coefficient (Wildman–Crippen LogP) is 5.61. The molecule has 4 fully saturated rings. The Kier molecular flexibility index (Phi) is 8.39. The lowest BCUT2D eigenvalue weighted by Crippen LogP contribution is -2.56. The van der Waals surface area contributed by atoms with Crippen molar-refractivity contribution in [3.05, 3.63) is 53.6 Å². The molecule has 42 heavy (non-hydrogen) atoms. The van der Waals surface area contributed by atoms with Crippen molar-refractivity contribution in [2.24, 2.45) is 23.2 Å². The summed E-state index contributed by atoms with van der Waals surface area (Å²) in [6, 6.07) is 8.71. The number of hydrogen-bond acceptors (Lipinski definition) is 6. The normalized spacial score (nSPS) is 24.9. The fraction of sp³-hybridized carbons (Fsp3) is 0.516. The Morgan fingerprint density at radius 3 is 2.19 bits per heavy atom. The van der Waals surface area contributed by atoms with Crippen molar-refractivity contribution in [3.8, 4) is 11.5 Å². The minimum atomic E-state index is -4.63. The van der Waals surface area contributed by atoms with E-state index in [2.05, 4.69) is 17.6 Å². The molecule has 2 aromatic carbocycles. The number of benzene rings is 2. The largest absolute Gasteiger partial charge is 0.493 e. The maximum absolute atomic E-state index is 13.2. The number of nitrogens with one attached hydrogen (secondary N) is 2. The molecule has 0 aliphatic heterocycles. The first-order valence-electron chi connectivity index (χ1n) is 14.2. The first-order valence-corrected chi connectivity index (χ1v) is 14.2. The van der Waals surface area contributed by atoms with E-state index in [4.69, 9.17) is 14.2 Å². The summed E-state index contributed by atoms with van der Waals surface area (Å²) in [5.74, 6) is 0.576. The van der Waals surface area contributed by atoms with Crippen molar-refractivity contribution < 1.29 is 41.8 Å². The molecule has 4 aliphatic rings. The van der Waals surface area contributed by atoms with Crippen molar-refractivity contribution in [1.82, 2.24) is 5.32 Å². The first kappa shape index (κ1) is 29.7. The molecule has 2 aromatic rings. The first-order chi connectivity index (χ1) is 20.0. The number of carbonyl (C=O) groups is 3. The van der Waals surface area contributed by atoms with Gasteiger partial charge in [-0.1, -0.05) is 12.1 Å². The second-order valence-corrected chi connectivity index (χ2v) is 11.9. The van der Waals surface area contributed by atoms with Crippen LogP contribution in [0.1, 0.15) is 61.4 Å². The van der Waals surface area contributed by atoms with E-state index < -0.39 is 36.8 Å². The molecule has 4 saturated carbocycles. The highest BCUT2D eigenvalue weighted by Gasteiger charge is 2.53. The lowest BCUT2D eigenvalue weighted by atomic mass is 9.48. The number of esters is 1. The van der Waals surface area contributed by atoms with E-state index in [9.17, 15) is 27.6 Å². The van der Waals surface area contributed by atoms with Crippen LogP contribution in [0.2, 0.25) is 0 Å². The van der Waals surface area contributed by atoms with Gasteiger partial charge < -0.3 is 24.8 Å². The molecule has 0 heterocycles. The lowest BCUT2D eigenvalue weighted by Gasteiger charge is -2.59. The van der Waals surface area contributed by atoms with Crippen molar-refractivity contribution in [2.45, 2.75) is 57.7 Å². The summed E-state index contributed by atoms with van der Waals surface area (Å²) in [6.07, 6.45) is 2.76. The molecule has 0 aromatic heterocycles. The predicted molar refractivity (Wildman–Crippen MR) is 147 cm³/mol. The van der Waals surface area contributed by atoms with Crippen molar-refractivity contribution >= 4 is 23.5 Å². The highest BCUT2D eigenvalue weighted by molar-refractivity contribution is 5.93. The van der Waals surface area contributed by atoms with Gasteiger partial charge in [-0.05, 0) is 98.9 Å². The van der Waals surface area contributed by atoms with Crippen molar-refractivity contribution in [1.29, 1.82) is 0 Å². The average molecular weight is 589 g/mol. The second-order valence-electron chi connectivity index (χ2n) is 11.9. The Morgan fingerprint density at radius 2 is 1.57 bits per heavy atom. The zero-order valence-corrected chi connectivity index (χ0v) is 23.6.